The average Bonchev–Trinajstić information content (AvgIpc) is 2.62. The summed E-state index contributed by atoms with van der Waals surface area (Å²) in [4.78, 5) is 23.2. The lowest BCUT2D eigenvalue weighted by Crippen LogP contribution is -2.57. The number of carbonyl (C=O) groups excluding carboxylic acids is 1. The van der Waals surface area contributed by atoms with Crippen LogP contribution in [0.3, 0.4) is 0 Å². The van der Waals surface area contributed by atoms with Gasteiger partial charge in [-0.1, -0.05) is 6.92 Å². The van der Waals surface area contributed by atoms with Crippen molar-refractivity contribution in [2.24, 2.45) is 10.4 Å². The standard InChI is InChI=1S/C17H31N5O3.HI/c1-17(13-25-14-17)12-19-16(18-2)22-5-3-20(4-6-22)11-15(23)21-7-9-24-10-8-21;/h3-14H2,1-2H3,(H,18,19);1H. The van der Waals surface area contributed by atoms with Gasteiger partial charge in [-0.2, -0.15) is 0 Å². The zero-order valence-electron chi connectivity index (χ0n) is 15.9. The lowest BCUT2D eigenvalue weighted by atomic mass is 9.89. The van der Waals surface area contributed by atoms with Crippen LogP contribution in [0.4, 0.5) is 0 Å². The fourth-order valence-electron chi connectivity index (χ4n) is 3.40. The van der Waals surface area contributed by atoms with Gasteiger partial charge in [-0.25, -0.2) is 0 Å². The van der Waals surface area contributed by atoms with E-state index in [1.807, 2.05) is 11.9 Å². The number of hydrogen-bond acceptors (Lipinski definition) is 5. The van der Waals surface area contributed by atoms with E-state index in [9.17, 15) is 4.79 Å². The first-order chi connectivity index (χ1) is 12.1. The van der Waals surface area contributed by atoms with E-state index in [4.69, 9.17) is 9.47 Å². The number of piperazine rings is 1. The molecule has 1 N–H and O–H groups in total. The topological polar surface area (TPSA) is 69.6 Å². The molecule has 3 aliphatic rings. The molecular formula is C17H32IN5O3. The van der Waals surface area contributed by atoms with Gasteiger partial charge in [-0.3, -0.25) is 14.7 Å². The van der Waals surface area contributed by atoms with Crippen LogP contribution in [0.25, 0.3) is 0 Å². The predicted octanol–water partition coefficient (Wildman–Crippen LogP) is -0.307. The van der Waals surface area contributed by atoms with Crippen molar-refractivity contribution in [2.75, 3.05) is 85.8 Å². The van der Waals surface area contributed by atoms with Gasteiger partial charge in [0.15, 0.2) is 5.96 Å². The Labute approximate surface area is 173 Å². The van der Waals surface area contributed by atoms with E-state index in [-0.39, 0.29) is 35.3 Å². The Kier molecular flexibility index (Phi) is 8.37. The number of rotatable bonds is 4. The summed E-state index contributed by atoms with van der Waals surface area (Å²) >= 11 is 0. The predicted molar refractivity (Wildman–Crippen MR) is 111 cm³/mol. The van der Waals surface area contributed by atoms with E-state index < -0.39 is 0 Å². The average molecular weight is 481 g/mol. The summed E-state index contributed by atoms with van der Waals surface area (Å²) in [6.07, 6.45) is 0. The molecule has 8 nitrogen and oxygen atoms in total. The largest absolute Gasteiger partial charge is 0.380 e. The molecule has 1 amide bonds. The summed E-state index contributed by atoms with van der Waals surface area (Å²) in [6.45, 7) is 11.6. The van der Waals surface area contributed by atoms with E-state index in [2.05, 4.69) is 27.0 Å². The Hall–Kier alpha value is -0.650. The van der Waals surface area contributed by atoms with Gasteiger partial charge in [0, 0.05) is 58.3 Å². The van der Waals surface area contributed by atoms with Crippen LogP contribution in [0.2, 0.25) is 0 Å². The van der Waals surface area contributed by atoms with E-state index in [0.717, 1.165) is 65.0 Å². The second kappa shape index (κ2) is 10.0. The van der Waals surface area contributed by atoms with Gasteiger partial charge in [0.05, 0.1) is 33.0 Å². The highest BCUT2D eigenvalue weighted by Gasteiger charge is 2.34. The highest BCUT2D eigenvalue weighted by atomic mass is 127. The number of amides is 1. The zero-order chi connectivity index (χ0) is 17.7. The first-order valence-electron chi connectivity index (χ1n) is 9.21. The summed E-state index contributed by atoms with van der Waals surface area (Å²) in [7, 11) is 1.83. The molecule has 26 heavy (non-hydrogen) atoms. The molecule has 0 spiro atoms. The van der Waals surface area contributed by atoms with Gasteiger partial charge in [0.1, 0.15) is 0 Å². The molecule has 0 atom stereocenters. The molecule has 0 unspecified atom stereocenters. The lowest BCUT2D eigenvalue weighted by Gasteiger charge is -2.41. The minimum absolute atomic E-state index is 0. The fraction of sp³-hybridized carbons (Fsp3) is 0.882. The van der Waals surface area contributed by atoms with Crippen molar-refractivity contribution in [3.8, 4) is 0 Å². The first kappa shape index (κ1) is 21.6. The Morgan fingerprint density at radius 1 is 1.04 bits per heavy atom. The minimum Gasteiger partial charge on any atom is -0.380 e. The van der Waals surface area contributed by atoms with Crippen LogP contribution >= 0.6 is 24.0 Å². The van der Waals surface area contributed by atoms with Crippen LogP contribution < -0.4 is 5.32 Å². The maximum absolute atomic E-state index is 12.4. The molecule has 3 rings (SSSR count). The van der Waals surface area contributed by atoms with Crippen molar-refractivity contribution in [3.63, 3.8) is 0 Å². The number of carbonyl (C=O) groups is 1. The van der Waals surface area contributed by atoms with Crippen molar-refractivity contribution in [2.45, 2.75) is 6.92 Å². The molecule has 3 aliphatic heterocycles. The summed E-state index contributed by atoms with van der Waals surface area (Å²) < 4.78 is 10.6. The second-order valence-corrected chi connectivity index (χ2v) is 7.46. The van der Waals surface area contributed by atoms with Crippen LogP contribution in [0.1, 0.15) is 6.92 Å². The maximum atomic E-state index is 12.4. The van der Waals surface area contributed by atoms with E-state index in [0.29, 0.717) is 19.8 Å². The third kappa shape index (κ3) is 5.67. The van der Waals surface area contributed by atoms with Crippen LogP contribution in [0, 0.1) is 5.41 Å². The Morgan fingerprint density at radius 3 is 2.23 bits per heavy atom. The third-order valence-electron chi connectivity index (χ3n) is 5.18. The van der Waals surface area contributed by atoms with Crippen molar-refractivity contribution in [3.05, 3.63) is 0 Å². The maximum Gasteiger partial charge on any atom is 0.236 e. The van der Waals surface area contributed by atoms with Gasteiger partial charge >= 0.3 is 0 Å². The molecule has 3 saturated heterocycles. The molecule has 150 valence electrons. The van der Waals surface area contributed by atoms with Crippen LogP contribution in [-0.4, -0.2) is 112 Å². The lowest BCUT2D eigenvalue weighted by molar-refractivity contribution is -0.136. The summed E-state index contributed by atoms with van der Waals surface area (Å²) in [5.41, 5.74) is 0.225. The molecular weight excluding hydrogens is 449 g/mol. The van der Waals surface area contributed by atoms with Crippen LogP contribution in [0.15, 0.2) is 4.99 Å². The summed E-state index contributed by atoms with van der Waals surface area (Å²) in [5, 5.41) is 3.48. The third-order valence-corrected chi connectivity index (χ3v) is 5.18. The molecule has 3 heterocycles. The normalized spacial score (nSPS) is 23.8. The van der Waals surface area contributed by atoms with E-state index >= 15 is 0 Å². The number of ether oxygens (including phenoxy) is 2. The summed E-state index contributed by atoms with van der Waals surface area (Å²) in [6, 6.07) is 0. The highest BCUT2D eigenvalue weighted by Crippen LogP contribution is 2.25. The smallest absolute Gasteiger partial charge is 0.236 e. The number of halogens is 1. The number of aliphatic imine (C=N–C) groups is 1. The van der Waals surface area contributed by atoms with Gasteiger partial charge in [0.2, 0.25) is 5.91 Å². The van der Waals surface area contributed by atoms with E-state index in [1.54, 1.807) is 0 Å². The number of hydrogen-bond donors (Lipinski definition) is 1. The molecule has 9 heteroatoms. The molecule has 0 aromatic carbocycles. The number of nitrogens with zero attached hydrogens (tertiary/aromatic N) is 4. The quantitative estimate of drug-likeness (QED) is 0.338. The van der Waals surface area contributed by atoms with Crippen LogP contribution in [-0.2, 0) is 14.3 Å². The second-order valence-electron chi connectivity index (χ2n) is 7.46. The van der Waals surface area contributed by atoms with Gasteiger partial charge in [0.25, 0.3) is 0 Å². The number of guanidine groups is 1. The van der Waals surface area contributed by atoms with Gasteiger partial charge in [-0.15, -0.1) is 24.0 Å². The molecule has 0 aromatic heterocycles. The Balaban J connectivity index is 0.00000243. The van der Waals surface area contributed by atoms with Crippen molar-refractivity contribution in [1.82, 2.24) is 20.0 Å². The molecule has 0 aliphatic carbocycles. The SMILES string of the molecule is CN=C(NCC1(C)COC1)N1CCN(CC(=O)N2CCOCC2)CC1.I. The van der Waals surface area contributed by atoms with Crippen LogP contribution in [0.5, 0.6) is 0 Å². The molecule has 0 saturated carbocycles. The van der Waals surface area contributed by atoms with Crippen molar-refractivity contribution >= 4 is 35.8 Å². The van der Waals surface area contributed by atoms with Gasteiger partial charge in [-0.05, 0) is 0 Å². The highest BCUT2D eigenvalue weighted by molar-refractivity contribution is 14.0. The molecule has 3 fully saturated rings. The minimum atomic E-state index is 0. The van der Waals surface area contributed by atoms with Crippen molar-refractivity contribution in [1.29, 1.82) is 0 Å². The fourth-order valence-corrected chi connectivity index (χ4v) is 3.40. The van der Waals surface area contributed by atoms with E-state index in [1.165, 1.54) is 0 Å². The van der Waals surface area contributed by atoms with Crippen molar-refractivity contribution < 1.29 is 14.3 Å². The Bertz CT molecular complexity index is 487. The molecule has 0 aromatic rings. The Morgan fingerprint density at radius 2 is 1.69 bits per heavy atom. The number of nitrogens with one attached hydrogen (secondary N) is 1. The molecule has 0 radical (unpaired) electrons. The first-order valence-corrected chi connectivity index (χ1v) is 9.21. The number of morpholine rings is 1. The monoisotopic (exact) mass is 481 g/mol. The van der Waals surface area contributed by atoms with Gasteiger partial charge < -0.3 is 24.6 Å². The summed E-state index contributed by atoms with van der Waals surface area (Å²) in [5.74, 6) is 1.17. The molecule has 0 bridgehead atoms. The zero-order valence-corrected chi connectivity index (χ0v) is 18.2.